The van der Waals surface area contributed by atoms with E-state index in [2.05, 4.69) is 11.1 Å². The number of benzene rings is 1. The van der Waals surface area contributed by atoms with Gasteiger partial charge in [0, 0.05) is 42.7 Å². The highest BCUT2D eigenvalue weighted by Gasteiger charge is 2.30. The van der Waals surface area contributed by atoms with Crippen LogP contribution in [-0.2, 0) is 29.1 Å². The molecule has 0 saturated carbocycles. The summed E-state index contributed by atoms with van der Waals surface area (Å²) in [6.07, 6.45) is 0.858. The van der Waals surface area contributed by atoms with E-state index in [0.29, 0.717) is 18.8 Å². The number of rotatable bonds is 6. The van der Waals surface area contributed by atoms with E-state index >= 15 is 0 Å². The third-order valence-corrected chi connectivity index (χ3v) is 6.86. The number of carbonyl (C=O) groups is 1. The second-order valence-electron chi connectivity index (χ2n) is 8.23. The van der Waals surface area contributed by atoms with E-state index in [-0.39, 0.29) is 24.7 Å². The fourth-order valence-corrected chi connectivity index (χ4v) is 5.26. The van der Waals surface area contributed by atoms with Gasteiger partial charge >= 0.3 is 0 Å². The topological polar surface area (TPSA) is 95.8 Å². The van der Waals surface area contributed by atoms with Crippen LogP contribution in [0.15, 0.2) is 56.4 Å². The number of amides is 1. The summed E-state index contributed by atoms with van der Waals surface area (Å²) in [6.45, 7) is 1.21. The maximum atomic E-state index is 13.4. The van der Waals surface area contributed by atoms with Gasteiger partial charge in [-0.15, -0.1) is 0 Å². The molecule has 3 aromatic heterocycles. The van der Waals surface area contributed by atoms with Crippen LogP contribution < -0.4 is 5.43 Å². The summed E-state index contributed by atoms with van der Waals surface area (Å²) in [5.74, 6) is -0.684. The summed E-state index contributed by atoms with van der Waals surface area (Å²) >= 11 is 1.49. The average molecular weight is 465 g/mol. The second-order valence-corrected chi connectivity index (χ2v) is 9.01. The minimum absolute atomic E-state index is 0.0605. The van der Waals surface area contributed by atoms with E-state index in [9.17, 15) is 14.7 Å². The van der Waals surface area contributed by atoms with Gasteiger partial charge in [-0.05, 0) is 40.4 Å². The van der Waals surface area contributed by atoms with E-state index in [4.69, 9.17) is 9.15 Å². The SMILES string of the molecule is COCc1cc(=O)c(O)c([C@H](CC(=O)N2CCc3c([nH]c4ccccc34)C2)c2ccsc2)o1. The normalized spacial score (nSPS) is 14.4. The Labute approximate surface area is 194 Å². The molecular formula is C25H24N2O5S. The van der Waals surface area contributed by atoms with Gasteiger partial charge in [0.15, 0.2) is 5.76 Å². The first-order chi connectivity index (χ1) is 16.0. The van der Waals surface area contributed by atoms with Crippen molar-refractivity contribution in [3.8, 4) is 5.75 Å². The fourth-order valence-electron chi connectivity index (χ4n) is 4.55. The van der Waals surface area contributed by atoms with Gasteiger partial charge in [-0.1, -0.05) is 18.2 Å². The molecule has 33 heavy (non-hydrogen) atoms. The van der Waals surface area contributed by atoms with Crippen molar-refractivity contribution < 1.29 is 19.1 Å². The molecule has 5 rings (SSSR count). The number of methoxy groups -OCH3 is 1. The van der Waals surface area contributed by atoms with Crippen molar-refractivity contribution in [2.24, 2.45) is 0 Å². The maximum Gasteiger partial charge on any atom is 0.227 e. The van der Waals surface area contributed by atoms with Crippen LogP contribution >= 0.6 is 11.3 Å². The zero-order valence-corrected chi connectivity index (χ0v) is 19.0. The zero-order chi connectivity index (χ0) is 22.9. The maximum absolute atomic E-state index is 13.4. The Balaban J connectivity index is 1.44. The van der Waals surface area contributed by atoms with Crippen molar-refractivity contribution in [1.29, 1.82) is 0 Å². The van der Waals surface area contributed by atoms with Crippen LogP contribution in [0.5, 0.6) is 5.75 Å². The number of hydrogen-bond donors (Lipinski definition) is 2. The lowest BCUT2D eigenvalue weighted by Gasteiger charge is -2.28. The largest absolute Gasteiger partial charge is 0.502 e. The molecule has 170 valence electrons. The van der Waals surface area contributed by atoms with Crippen LogP contribution in [0.1, 0.15) is 40.7 Å². The third kappa shape index (κ3) is 4.07. The van der Waals surface area contributed by atoms with E-state index in [1.807, 2.05) is 39.9 Å². The Bertz CT molecular complexity index is 1360. The lowest BCUT2D eigenvalue weighted by molar-refractivity contribution is -0.132. The number of para-hydroxylation sites is 1. The number of aromatic nitrogens is 1. The Morgan fingerprint density at radius 3 is 2.97 bits per heavy atom. The highest BCUT2D eigenvalue weighted by molar-refractivity contribution is 7.08. The molecule has 4 heterocycles. The summed E-state index contributed by atoms with van der Waals surface area (Å²) in [5, 5.41) is 15.5. The van der Waals surface area contributed by atoms with Crippen LogP contribution in [0.4, 0.5) is 0 Å². The molecule has 1 atom stereocenters. The number of hydrogen-bond acceptors (Lipinski definition) is 6. The minimum atomic E-state index is -0.572. The molecule has 1 amide bonds. The van der Waals surface area contributed by atoms with Crippen LogP contribution in [0.25, 0.3) is 10.9 Å². The number of carbonyl (C=O) groups excluding carboxylic acids is 1. The molecule has 0 saturated heterocycles. The molecule has 0 radical (unpaired) electrons. The van der Waals surface area contributed by atoms with E-state index in [1.54, 1.807) is 0 Å². The molecule has 1 aliphatic heterocycles. The monoisotopic (exact) mass is 464 g/mol. The first kappa shape index (κ1) is 21.5. The molecule has 7 nitrogen and oxygen atoms in total. The predicted molar refractivity (Wildman–Crippen MR) is 126 cm³/mol. The summed E-state index contributed by atoms with van der Waals surface area (Å²) in [7, 11) is 1.50. The molecule has 0 spiro atoms. The number of aromatic amines is 1. The summed E-state index contributed by atoms with van der Waals surface area (Å²) in [6, 6.07) is 11.3. The predicted octanol–water partition coefficient (Wildman–Crippen LogP) is 4.14. The van der Waals surface area contributed by atoms with E-state index in [0.717, 1.165) is 23.2 Å². The first-order valence-electron chi connectivity index (χ1n) is 10.8. The van der Waals surface area contributed by atoms with Crippen LogP contribution in [-0.4, -0.2) is 34.6 Å². The lowest BCUT2D eigenvalue weighted by Crippen LogP contribution is -2.36. The standard InChI is InChI=1S/C25H24N2O5S/c1-31-13-16-10-22(28)24(30)25(32-16)19(15-7-9-33-14-15)11-23(29)27-8-6-18-17-4-2-3-5-20(17)26-21(18)12-27/h2-5,7,9-10,14,19,26,30H,6,8,11-13H2,1H3/t19-/m1/s1. The molecule has 1 aliphatic rings. The molecule has 1 aromatic carbocycles. The molecule has 0 bridgehead atoms. The third-order valence-electron chi connectivity index (χ3n) is 6.16. The second kappa shape index (κ2) is 8.88. The Morgan fingerprint density at radius 2 is 2.18 bits per heavy atom. The Kier molecular flexibility index (Phi) is 5.78. The van der Waals surface area contributed by atoms with Crippen molar-refractivity contribution in [3.63, 3.8) is 0 Å². The van der Waals surface area contributed by atoms with Gasteiger partial charge in [-0.3, -0.25) is 9.59 Å². The molecule has 0 aliphatic carbocycles. The van der Waals surface area contributed by atoms with Crippen molar-refractivity contribution in [2.75, 3.05) is 13.7 Å². The van der Waals surface area contributed by atoms with Gasteiger partial charge in [0.1, 0.15) is 12.4 Å². The number of fused-ring (bicyclic) bond motifs is 3. The Morgan fingerprint density at radius 1 is 1.33 bits per heavy atom. The molecule has 0 fully saturated rings. The van der Waals surface area contributed by atoms with Gasteiger partial charge in [-0.2, -0.15) is 11.3 Å². The molecule has 2 N–H and O–H groups in total. The van der Waals surface area contributed by atoms with Crippen molar-refractivity contribution in [3.05, 3.63) is 85.7 Å². The van der Waals surface area contributed by atoms with Crippen LogP contribution in [0, 0.1) is 0 Å². The highest BCUT2D eigenvalue weighted by Crippen LogP contribution is 2.35. The van der Waals surface area contributed by atoms with Gasteiger partial charge < -0.3 is 24.1 Å². The number of nitrogens with zero attached hydrogens (tertiary/aromatic N) is 1. The number of H-pyrrole nitrogens is 1. The lowest BCUT2D eigenvalue weighted by atomic mass is 9.93. The highest BCUT2D eigenvalue weighted by atomic mass is 32.1. The molecule has 4 aromatic rings. The van der Waals surface area contributed by atoms with Gasteiger partial charge in [-0.25, -0.2) is 0 Å². The summed E-state index contributed by atoms with van der Waals surface area (Å²) in [4.78, 5) is 31.0. The first-order valence-corrected chi connectivity index (χ1v) is 11.7. The number of ether oxygens (including phenoxy) is 1. The number of thiophene rings is 1. The van der Waals surface area contributed by atoms with Crippen LogP contribution in [0.2, 0.25) is 0 Å². The fraction of sp³-hybridized carbons (Fsp3) is 0.280. The summed E-state index contributed by atoms with van der Waals surface area (Å²) in [5.41, 5.74) is 3.68. The molecule has 8 heteroatoms. The van der Waals surface area contributed by atoms with E-state index in [1.165, 1.54) is 35.5 Å². The molecular weight excluding hydrogens is 440 g/mol. The van der Waals surface area contributed by atoms with Crippen molar-refractivity contribution >= 4 is 28.1 Å². The smallest absolute Gasteiger partial charge is 0.227 e. The van der Waals surface area contributed by atoms with Crippen molar-refractivity contribution in [1.82, 2.24) is 9.88 Å². The van der Waals surface area contributed by atoms with Gasteiger partial charge in [0.05, 0.1) is 12.5 Å². The average Bonchev–Trinajstić information content (AvgIpc) is 3.47. The van der Waals surface area contributed by atoms with Gasteiger partial charge in [0.2, 0.25) is 17.1 Å². The number of aromatic hydroxyl groups is 1. The van der Waals surface area contributed by atoms with Gasteiger partial charge in [0.25, 0.3) is 0 Å². The quantitative estimate of drug-likeness (QED) is 0.447. The Hall–Kier alpha value is -3.36. The zero-order valence-electron chi connectivity index (χ0n) is 18.2. The van der Waals surface area contributed by atoms with Crippen molar-refractivity contribution in [2.45, 2.75) is 31.9 Å². The number of nitrogens with one attached hydrogen (secondary N) is 1. The van der Waals surface area contributed by atoms with Crippen LogP contribution in [0.3, 0.4) is 0 Å². The minimum Gasteiger partial charge on any atom is -0.502 e. The molecule has 0 unspecified atom stereocenters. The van der Waals surface area contributed by atoms with E-state index < -0.39 is 17.1 Å². The summed E-state index contributed by atoms with van der Waals surface area (Å²) < 4.78 is 10.9.